The van der Waals surface area contributed by atoms with Crippen molar-refractivity contribution in [3.05, 3.63) is 52.2 Å². The van der Waals surface area contributed by atoms with Gasteiger partial charge in [-0.3, -0.25) is 9.89 Å². The van der Waals surface area contributed by atoms with Crippen LogP contribution in [-0.2, 0) is 10.2 Å². The first-order valence-electron chi connectivity index (χ1n) is 10.5. The van der Waals surface area contributed by atoms with Gasteiger partial charge in [-0.15, -0.1) is 11.3 Å². The average molecular weight is 431 g/mol. The molecule has 1 fully saturated rings. The number of rotatable bonds is 8. The average Bonchev–Trinajstić information content (AvgIpc) is 3.33. The van der Waals surface area contributed by atoms with E-state index in [4.69, 9.17) is 9.47 Å². The zero-order valence-corrected chi connectivity index (χ0v) is 19.3. The molecule has 7 heteroatoms. The van der Waals surface area contributed by atoms with Crippen molar-refractivity contribution in [2.75, 3.05) is 53.6 Å². The summed E-state index contributed by atoms with van der Waals surface area (Å²) >= 11 is 1.80. The molecule has 1 aliphatic rings. The quantitative estimate of drug-likeness (QED) is 0.497. The molecule has 0 spiro atoms. The van der Waals surface area contributed by atoms with Gasteiger partial charge in [-0.2, -0.15) is 0 Å². The van der Waals surface area contributed by atoms with E-state index in [0.29, 0.717) is 0 Å². The fourth-order valence-electron chi connectivity index (χ4n) is 3.64. The number of guanidine groups is 1. The van der Waals surface area contributed by atoms with Gasteiger partial charge < -0.3 is 20.1 Å². The molecule has 1 saturated heterocycles. The summed E-state index contributed by atoms with van der Waals surface area (Å²) in [5, 5.41) is 9.18. The minimum Gasteiger partial charge on any atom is -0.497 e. The van der Waals surface area contributed by atoms with Crippen LogP contribution in [0.5, 0.6) is 5.75 Å². The van der Waals surface area contributed by atoms with Gasteiger partial charge in [-0.05, 0) is 29.1 Å². The van der Waals surface area contributed by atoms with Crippen LogP contribution in [0.3, 0.4) is 0 Å². The van der Waals surface area contributed by atoms with Gasteiger partial charge >= 0.3 is 0 Å². The zero-order chi connectivity index (χ0) is 21.4. The van der Waals surface area contributed by atoms with E-state index in [9.17, 15) is 0 Å². The number of hydrogen-bond donors (Lipinski definition) is 2. The molecule has 2 N–H and O–H groups in total. The minimum absolute atomic E-state index is 0.0470. The molecule has 1 aromatic carbocycles. The van der Waals surface area contributed by atoms with Crippen LogP contribution < -0.4 is 15.4 Å². The van der Waals surface area contributed by atoms with Gasteiger partial charge in [-0.1, -0.05) is 32.0 Å². The molecule has 0 bridgehead atoms. The first-order chi connectivity index (χ1) is 14.5. The molecule has 6 nitrogen and oxygen atoms in total. The Morgan fingerprint density at radius 1 is 1.20 bits per heavy atom. The van der Waals surface area contributed by atoms with Gasteiger partial charge in [-0.25, -0.2) is 0 Å². The van der Waals surface area contributed by atoms with Crippen LogP contribution in [0.2, 0.25) is 0 Å². The number of benzene rings is 1. The summed E-state index contributed by atoms with van der Waals surface area (Å²) in [7, 11) is 3.52. The summed E-state index contributed by atoms with van der Waals surface area (Å²) in [5.41, 5.74) is 1.31. The van der Waals surface area contributed by atoms with E-state index in [1.165, 1.54) is 10.4 Å². The van der Waals surface area contributed by atoms with Crippen molar-refractivity contribution in [1.29, 1.82) is 0 Å². The standard InChI is InChI=1S/C23H34N4O2S/c1-23(2,21-6-5-15-30-21)17-26-22(24-3)25-16-20(27-11-13-29-14-12-27)18-7-9-19(28-4)10-8-18/h5-10,15,20H,11-14,16-17H2,1-4H3,(H2,24,25,26). The van der Waals surface area contributed by atoms with Crippen molar-refractivity contribution in [2.24, 2.45) is 4.99 Å². The molecule has 0 radical (unpaired) electrons. The smallest absolute Gasteiger partial charge is 0.191 e. The third kappa shape index (κ3) is 5.97. The lowest BCUT2D eigenvalue weighted by atomic mass is 9.91. The largest absolute Gasteiger partial charge is 0.497 e. The molecule has 30 heavy (non-hydrogen) atoms. The molecule has 1 aromatic heterocycles. The second-order valence-corrected chi connectivity index (χ2v) is 9.05. The van der Waals surface area contributed by atoms with Gasteiger partial charge in [0.2, 0.25) is 0 Å². The van der Waals surface area contributed by atoms with Crippen LogP contribution in [0.25, 0.3) is 0 Å². The first kappa shape index (κ1) is 22.6. The molecule has 1 aliphatic heterocycles. The topological polar surface area (TPSA) is 58.1 Å². The Morgan fingerprint density at radius 3 is 2.53 bits per heavy atom. The highest BCUT2D eigenvalue weighted by Crippen LogP contribution is 2.27. The van der Waals surface area contributed by atoms with Gasteiger partial charge in [0.1, 0.15) is 5.75 Å². The maximum absolute atomic E-state index is 5.56. The summed E-state index contributed by atoms with van der Waals surface area (Å²) < 4.78 is 10.9. The number of nitrogens with zero attached hydrogens (tertiary/aromatic N) is 2. The van der Waals surface area contributed by atoms with Crippen molar-refractivity contribution >= 4 is 17.3 Å². The summed E-state index contributed by atoms with van der Waals surface area (Å²) in [5.74, 6) is 1.70. The third-order valence-electron chi connectivity index (χ3n) is 5.56. The van der Waals surface area contributed by atoms with E-state index in [1.54, 1.807) is 18.4 Å². The van der Waals surface area contributed by atoms with Crippen molar-refractivity contribution in [1.82, 2.24) is 15.5 Å². The summed E-state index contributed by atoms with van der Waals surface area (Å²) in [6, 6.07) is 12.9. The lowest BCUT2D eigenvalue weighted by Crippen LogP contribution is -2.48. The monoisotopic (exact) mass is 430 g/mol. The van der Waals surface area contributed by atoms with Crippen LogP contribution in [0.4, 0.5) is 0 Å². The van der Waals surface area contributed by atoms with Crippen LogP contribution in [0.1, 0.15) is 30.3 Å². The Hall–Kier alpha value is -2.09. The van der Waals surface area contributed by atoms with Gasteiger partial charge in [0.15, 0.2) is 5.96 Å². The number of thiophene rings is 1. The van der Waals surface area contributed by atoms with Gasteiger partial charge in [0.25, 0.3) is 0 Å². The number of ether oxygens (including phenoxy) is 2. The maximum Gasteiger partial charge on any atom is 0.191 e. The normalized spacial score (nSPS) is 16.9. The van der Waals surface area contributed by atoms with Crippen LogP contribution in [-0.4, -0.2) is 64.4 Å². The van der Waals surface area contributed by atoms with Crippen LogP contribution in [0.15, 0.2) is 46.8 Å². The Bertz CT molecular complexity index is 784. The third-order valence-corrected chi connectivity index (χ3v) is 6.80. The molecule has 0 aliphatic carbocycles. The number of aliphatic imine (C=N–C) groups is 1. The second kappa shape index (κ2) is 10.8. The van der Waals surface area contributed by atoms with Crippen LogP contribution >= 0.6 is 11.3 Å². The highest BCUT2D eigenvalue weighted by atomic mass is 32.1. The molecule has 3 rings (SSSR count). The van der Waals surface area contributed by atoms with E-state index in [2.05, 4.69) is 64.0 Å². The second-order valence-electron chi connectivity index (χ2n) is 8.11. The van der Waals surface area contributed by atoms with Crippen molar-refractivity contribution in [2.45, 2.75) is 25.3 Å². The fraction of sp³-hybridized carbons (Fsp3) is 0.522. The molecular weight excluding hydrogens is 396 g/mol. The Morgan fingerprint density at radius 2 is 1.93 bits per heavy atom. The Labute approximate surface area is 184 Å². The molecule has 0 amide bonds. The Kier molecular flexibility index (Phi) is 8.13. The minimum atomic E-state index is 0.0470. The van der Waals surface area contributed by atoms with Gasteiger partial charge in [0.05, 0.1) is 26.4 Å². The van der Waals surface area contributed by atoms with E-state index < -0.39 is 0 Å². The predicted molar refractivity (Wildman–Crippen MR) is 125 cm³/mol. The van der Waals surface area contributed by atoms with Crippen molar-refractivity contribution < 1.29 is 9.47 Å². The Balaban J connectivity index is 1.64. The molecule has 164 valence electrons. The molecule has 1 atom stereocenters. The molecular formula is C23H34N4O2S. The highest BCUT2D eigenvalue weighted by molar-refractivity contribution is 7.10. The SMILES string of the molecule is CN=C(NCC(c1ccc(OC)cc1)N1CCOCC1)NCC(C)(C)c1cccs1. The number of nitrogens with one attached hydrogen (secondary N) is 2. The van der Waals surface area contributed by atoms with E-state index in [-0.39, 0.29) is 11.5 Å². The lowest BCUT2D eigenvalue weighted by Gasteiger charge is -2.35. The zero-order valence-electron chi connectivity index (χ0n) is 18.5. The molecule has 0 saturated carbocycles. The molecule has 1 unspecified atom stereocenters. The van der Waals surface area contributed by atoms with Crippen molar-refractivity contribution in [3.63, 3.8) is 0 Å². The summed E-state index contributed by atoms with van der Waals surface area (Å²) in [4.78, 5) is 8.29. The molecule has 2 aromatic rings. The number of morpholine rings is 1. The highest BCUT2D eigenvalue weighted by Gasteiger charge is 2.24. The number of methoxy groups -OCH3 is 1. The van der Waals surface area contributed by atoms with E-state index in [1.807, 2.05) is 19.2 Å². The van der Waals surface area contributed by atoms with Crippen molar-refractivity contribution in [3.8, 4) is 5.75 Å². The van der Waals surface area contributed by atoms with Gasteiger partial charge in [0, 0.05) is 43.5 Å². The predicted octanol–water partition coefficient (Wildman–Crippen LogP) is 3.27. The summed E-state index contributed by atoms with van der Waals surface area (Å²) in [6.07, 6.45) is 0. The number of hydrogen-bond acceptors (Lipinski definition) is 5. The lowest BCUT2D eigenvalue weighted by molar-refractivity contribution is 0.0170. The van der Waals surface area contributed by atoms with E-state index >= 15 is 0 Å². The summed E-state index contributed by atoms with van der Waals surface area (Å²) in [6.45, 7) is 9.50. The fourth-order valence-corrected chi connectivity index (χ4v) is 4.49. The maximum atomic E-state index is 5.56. The van der Waals surface area contributed by atoms with Crippen LogP contribution in [0, 0.1) is 0 Å². The van der Waals surface area contributed by atoms with E-state index in [0.717, 1.165) is 51.1 Å². The molecule has 2 heterocycles. The first-order valence-corrected chi connectivity index (χ1v) is 11.4.